The summed E-state index contributed by atoms with van der Waals surface area (Å²) in [6.45, 7) is 5.89. The molecule has 1 aromatic heterocycles. The lowest BCUT2D eigenvalue weighted by Gasteiger charge is -2.36. The third-order valence-electron chi connectivity index (χ3n) is 5.51. The van der Waals surface area contributed by atoms with Crippen LogP contribution in [0.4, 0.5) is 0 Å². The third-order valence-corrected chi connectivity index (χ3v) is 5.51. The lowest BCUT2D eigenvalue weighted by molar-refractivity contribution is 0.139. The van der Waals surface area contributed by atoms with Crippen LogP contribution in [-0.4, -0.2) is 34.4 Å². The SMILES string of the molecule is CC(c1ccc2c(c1)OCC2)N1CCC(n2cc(CN)cn2)CC1. The molecule has 2 aliphatic rings. The minimum atomic E-state index is 0.428. The van der Waals surface area contributed by atoms with E-state index in [1.807, 2.05) is 6.20 Å². The zero-order valence-electron chi connectivity index (χ0n) is 14.3. The fraction of sp³-hybridized carbons (Fsp3) is 0.526. The third kappa shape index (κ3) is 2.94. The van der Waals surface area contributed by atoms with Crippen molar-refractivity contribution in [3.8, 4) is 5.75 Å². The molecule has 2 aromatic rings. The Morgan fingerprint density at radius 2 is 2.17 bits per heavy atom. The number of rotatable bonds is 4. The summed E-state index contributed by atoms with van der Waals surface area (Å²) >= 11 is 0. The van der Waals surface area contributed by atoms with Crippen molar-refractivity contribution < 1.29 is 4.74 Å². The number of ether oxygens (including phenoxy) is 1. The molecular weight excluding hydrogens is 300 g/mol. The second-order valence-electron chi connectivity index (χ2n) is 6.94. The summed E-state index contributed by atoms with van der Waals surface area (Å²) in [5.41, 5.74) is 9.51. The zero-order chi connectivity index (χ0) is 16.5. The number of nitrogens with two attached hydrogens (primary N) is 1. The van der Waals surface area contributed by atoms with Gasteiger partial charge in [-0.1, -0.05) is 12.1 Å². The molecule has 1 unspecified atom stereocenters. The van der Waals surface area contributed by atoms with E-state index in [4.69, 9.17) is 10.5 Å². The van der Waals surface area contributed by atoms with Crippen LogP contribution in [0.25, 0.3) is 0 Å². The van der Waals surface area contributed by atoms with E-state index in [0.29, 0.717) is 18.6 Å². The molecule has 24 heavy (non-hydrogen) atoms. The van der Waals surface area contributed by atoms with Gasteiger partial charge in [0.2, 0.25) is 0 Å². The second-order valence-corrected chi connectivity index (χ2v) is 6.94. The van der Waals surface area contributed by atoms with E-state index in [0.717, 1.165) is 50.3 Å². The molecule has 0 spiro atoms. The summed E-state index contributed by atoms with van der Waals surface area (Å²) in [6, 6.07) is 7.67. The fourth-order valence-electron chi connectivity index (χ4n) is 3.87. The van der Waals surface area contributed by atoms with Crippen LogP contribution >= 0.6 is 0 Å². The summed E-state index contributed by atoms with van der Waals surface area (Å²) in [7, 11) is 0. The summed E-state index contributed by atoms with van der Waals surface area (Å²) < 4.78 is 7.83. The maximum atomic E-state index is 5.72. The highest BCUT2D eigenvalue weighted by atomic mass is 16.5. The number of likely N-dealkylation sites (tertiary alicyclic amines) is 1. The Morgan fingerprint density at radius 1 is 1.33 bits per heavy atom. The van der Waals surface area contributed by atoms with Crippen molar-refractivity contribution >= 4 is 0 Å². The Labute approximate surface area is 143 Å². The smallest absolute Gasteiger partial charge is 0.122 e. The Hall–Kier alpha value is -1.85. The first-order valence-electron chi connectivity index (χ1n) is 8.97. The van der Waals surface area contributed by atoms with E-state index in [2.05, 4.69) is 46.0 Å². The van der Waals surface area contributed by atoms with Crippen molar-refractivity contribution in [1.29, 1.82) is 0 Å². The molecule has 0 saturated carbocycles. The first-order chi connectivity index (χ1) is 11.7. The van der Waals surface area contributed by atoms with E-state index in [1.165, 1.54) is 11.1 Å². The average Bonchev–Trinajstić information content (AvgIpc) is 3.29. The van der Waals surface area contributed by atoms with Gasteiger partial charge in [-0.15, -0.1) is 0 Å². The lowest BCUT2D eigenvalue weighted by Crippen LogP contribution is -2.36. The van der Waals surface area contributed by atoms with Gasteiger partial charge in [-0.2, -0.15) is 5.10 Å². The molecule has 1 saturated heterocycles. The highest BCUT2D eigenvalue weighted by Crippen LogP contribution is 2.33. The maximum Gasteiger partial charge on any atom is 0.122 e. The van der Waals surface area contributed by atoms with Gasteiger partial charge in [0.25, 0.3) is 0 Å². The van der Waals surface area contributed by atoms with Crippen LogP contribution < -0.4 is 10.5 Å². The first-order valence-corrected chi connectivity index (χ1v) is 8.97. The van der Waals surface area contributed by atoms with Gasteiger partial charge >= 0.3 is 0 Å². The van der Waals surface area contributed by atoms with Gasteiger partial charge in [0.1, 0.15) is 5.75 Å². The molecular formula is C19H26N4O. The fourth-order valence-corrected chi connectivity index (χ4v) is 3.87. The van der Waals surface area contributed by atoms with Crippen LogP contribution in [0.3, 0.4) is 0 Å². The number of benzene rings is 1. The largest absolute Gasteiger partial charge is 0.493 e. The molecule has 0 radical (unpaired) electrons. The minimum Gasteiger partial charge on any atom is -0.493 e. The number of fused-ring (bicyclic) bond motifs is 1. The Balaban J connectivity index is 1.40. The molecule has 4 rings (SSSR count). The first kappa shape index (κ1) is 15.7. The molecule has 5 heteroatoms. The van der Waals surface area contributed by atoms with Crippen LogP contribution in [0.1, 0.15) is 48.5 Å². The van der Waals surface area contributed by atoms with Crippen LogP contribution in [0.5, 0.6) is 5.75 Å². The van der Waals surface area contributed by atoms with Gasteiger partial charge in [0.05, 0.1) is 18.8 Å². The molecule has 1 aromatic carbocycles. The van der Waals surface area contributed by atoms with E-state index in [9.17, 15) is 0 Å². The maximum absolute atomic E-state index is 5.72. The molecule has 5 nitrogen and oxygen atoms in total. The Morgan fingerprint density at radius 3 is 2.92 bits per heavy atom. The van der Waals surface area contributed by atoms with Crippen LogP contribution in [0.15, 0.2) is 30.6 Å². The Kier molecular flexibility index (Phi) is 4.29. The number of hydrogen-bond donors (Lipinski definition) is 1. The van der Waals surface area contributed by atoms with Crippen molar-refractivity contribution in [3.05, 3.63) is 47.3 Å². The molecule has 1 fully saturated rings. The van der Waals surface area contributed by atoms with Gasteiger partial charge in [-0.25, -0.2) is 0 Å². The topological polar surface area (TPSA) is 56.3 Å². The van der Waals surface area contributed by atoms with Crippen LogP contribution in [0.2, 0.25) is 0 Å². The van der Waals surface area contributed by atoms with Crippen molar-refractivity contribution in [3.63, 3.8) is 0 Å². The van der Waals surface area contributed by atoms with Crippen LogP contribution in [0, 0.1) is 0 Å². The molecule has 0 bridgehead atoms. The van der Waals surface area contributed by atoms with Gasteiger partial charge in [-0.3, -0.25) is 9.58 Å². The van der Waals surface area contributed by atoms with Crippen molar-refractivity contribution in [2.45, 2.75) is 44.8 Å². The molecule has 128 valence electrons. The minimum absolute atomic E-state index is 0.428. The highest BCUT2D eigenvalue weighted by Gasteiger charge is 2.25. The molecule has 2 N–H and O–H groups in total. The van der Waals surface area contributed by atoms with Crippen molar-refractivity contribution in [2.75, 3.05) is 19.7 Å². The number of aromatic nitrogens is 2. The standard InChI is InChI=1S/C19H26N4O/c1-14(17-3-2-16-6-9-24-19(16)10-17)22-7-4-18(5-8-22)23-13-15(11-20)12-21-23/h2-3,10,12-14,18H,4-9,11,20H2,1H3. The summed E-state index contributed by atoms with van der Waals surface area (Å²) in [6.07, 6.45) is 7.31. The monoisotopic (exact) mass is 326 g/mol. The summed E-state index contributed by atoms with van der Waals surface area (Å²) in [4.78, 5) is 2.57. The predicted molar refractivity (Wildman–Crippen MR) is 94.0 cm³/mol. The summed E-state index contributed by atoms with van der Waals surface area (Å²) in [5.74, 6) is 1.08. The molecule has 1 atom stereocenters. The molecule has 2 aliphatic heterocycles. The van der Waals surface area contributed by atoms with E-state index >= 15 is 0 Å². The normalized spacial score (nSPS) is 19.9. The van der Waals surface area contributed by atoms with Crippen molar-refractivity contribution in [1.82, 2.24) is 14.7 Å². The second kappa shape index (κ2) is 6.57. The highest BCUT2D eigenvalue weighted by molar-refractivity contribution is 5.41. The van der Waals surface area contributed by atoms with E-state index < -0.39 is 0 Å². The molecule has 0 aliphatic carbocycles. The molecule has 3 heterocycles. The number of nitrogens with zero attached hydrogens (tertiary/aromatic N) is 3. The average molecular weight is 326 g/mol. The number of hydrogen-bond acceptors (Lipinski definition) is 4. The van der Waals surface area contributed by atoms with Gasteiger partial charge in [-0.05, 0) is 37.0 Å². The van der Waals surface area contributed by atoms with E-state index in [-0.39, 0.29) is 0 Å². The van der Waals surface area contributed by atoms with Gasteiger partial charge in [0.15, 0.2) is 0 Å². The van der Waals surface area contributed by atoms with Gasteiger partial charge in [0, 0.05) is 43.9 Å². The number of piperidine rings is 1. The zero-order valence-corrected chi connectivity index (χ0v) is 14.3. The van der Waals surface area contributed by atoms with Gasteiger partial charge < -0.3 is 10.5 Å². The summed E-state index contributed by atoms with van der Waals surface area (Å²) in [5, 5.41) is 4.48. The van der Waals surface area contributed by atoms with Crippen molar-refractivity contribution in [2.24, 2.45) is 5.73 Å². The quantitative estimate of drug-likeness (QED) is 0.938. The van der Waals surface area contributed by atoms with Crippen LogP contribution in [-0.2, 0) is 13.0 Å². The predicted octanol–water partition coefficient (Wildman–Crippen LogP) is 2.67. The lowest BCUT2D eigenvalue weighted by atomic mass is 9.99. The Bertz CT molecular complexity index is 703. The van der Waals surface area contributed by atoms with E-state index in [1.54, 1.807) is 0 Å². The molecule has 0 amide bonds.